The van der Waals surface area contributed by atoms with Gasteiger partial charge < -0.3 is 24.5 Å². The number of dihydropyridines is 1. The largest absolute Gasteiger partial charge is 0.494 e. The van der Waals surface area contributed by atoms with Crippen molar-refractivity contribution in [3.05, 3.63) is 71.5 Å². The zero-order valence-corrected chi connectivity index (χ0v) is 26.6. The Balaban J connectivity index is 1.21. The molecule has 2 fully saturated rings. The second kappa shape index (κ2) is 11.1. The lowest BCUT2D eigenvalue weighted by atomic mass is 9.86. The van der Waals surface area contributed by atoms with E-state index in [-0.39, 0.29) is 30.7 Å². The van der Waals surface area contributed by atoms with Crippen LogP contribution in [-0.2, 0) is 18.4 Å². The van der Waals surface area contributed by atoms with Crippen LogP contribution in [0.15, 0.2) is 65.2 Å². The van der Waals surface area contributed by atoms with Crippen LogP contribution < -0.4 is 10.5 Å². The summed E-state index contributed by atoms with van der Waals surface area (Å²) in [6.45, 7) is 3.11. The molecule has 10 nitrogen and oxygen atoms in total. The number of benzene rings is 1. The maximum absolute atomic E-state index is 14.3. The topological polar surface area (TPSA) is 121 Å². The van der Waals surface area contributed by atoms with Gasteiger partial charge in [0.05, 0.1) is 36.3 Å². The number of aliphatic imine (C=N–C) groups is 1. The molecular weight excluding hydrogens is 597 g/mol. The summed E-state index contributed by atoms with van der Waals surface area (Å²) >= 11 is 0. The number of allylic oxidation sites excluding steroid dienone is 5. The number of carbonyl (C=O) groups excluding carboxylic acids is 2. The fourth-order valence-corrected chi connectivity index (χ4v) is 7.14. The summed E-state index contributed by atoms with van der Waals surface area (Å²) in [6.07, 6.45) is 9.06. The fourth-order valence-electron chi connectivity index (χ4n) is 7.14. The minimum Gasteiger partial charge on any atom is -0.494 e. The highest BCUT2D eigenvalue weighted by Gasteiger charge is 2.31. The lowest BCUT2D eigenvalue weighted by Crippen LogP contribution is -2.50. The molecule has 47 heavy (non-hydrogen) atoms. The monoisotopic (exact) mass is 633 g/mol. The van der Waals surface area contributed by atoms with Gasteiger partial charge in [0.15, 0.2) is 5.82 Å². The number of aromatic nitrogens is 4. The molecule has 2 N–H and O–H groups in total. The Hall–Kier alpha value is -4.90. The van der Waals surface area contributed by atoms with E-state index < -0.39 is 12.2 Å². The lowest BCUT2D eigenvalue weighted by Gasteiger charge is -2.33. The SMILES string of the molecule is COc1cc(C(=O)N2C[C@H](N)C[C@@H](F)C2)cc2nc(-c3cc4ccc(C5=CC6C(C)=CC(=O)N=C6C=C5)nc4n3CC3CC3)n(C)c12. The van der Waals surface area contributed by atoms with E-state index >= 15 is 0 Å². The second-order valence-electron chi connectivity index (χ2n) is 13.2. The molecule has 3 aromatic heterocycles. The van der Waals surface area contributed by atoms with Crippen molar-refractivity contribution < 1.29 is 18.7 Å². The van der Waals surface area contributed by atoms with Gasteiger partial charge in [-0.15, -0.1) is 0 Å². The number of ether oxygens (including phenoxy) is 1. The maximum atomic E-state index is 14.3. The highest BCUT2D eigenvalue weighted by atomic mass is 19.1. The van der Waals surface area contributed by atoms with Gasteiger partial charge in [-0.05, 0) is 74.1 Å². The number of nitrogens with two attached hydrogens (primary N) is 1. The Labute approximate surface area is 271 Å². The Morgan fingerprint density at radius 3 is 2.72 bits per heavy atom. The molecule has 3 atom stereocenters. The molecule has 4 aliphatic rings. The minimum absolute atomic E-state index is 0.0225. The number of aryl methyl sites for hydroxylation is 1. The van der Waals surface area contributed by atoms with Crippen molar-refractivity contribution in [3.63, 3.8) is 0 Å². The molecule has 2 amide bonds. The zero-order valence-electron chi connectivity index (χ0n) is 26.6. The molecule has 0 radical (unpaired) electrons. The number of imidazole rings is 1. The van der Waals surface area contributed by atoms with E-state index in [4.69, 9.17) is 20.4 Å². The summed E-state index contributed by atoms with van der Waals surface area (Å²) in [4.78, 5) is 41.4. The number of pyridine rings is 1. The Morgan fingerprint density at radius 2 is 1.96 bits per heavy atom. The molecule has 2 aliphatic carbocycles. The van der Waals surface area contributed by atoms with Gasteiger partial charge in [-0.3, -0.25) is 9.59 Å². The number of nitrogens with zero attached hydrogens (tertiary/aromatic N) is 6. The molecule has 2 aliphatic heterocycles. The number of piperidine rings is 1. The molecule has 8 rings (SSSR count). The first kappa shape index (κ1) is 29.5. The number of amides is 2. The van der Waals surface area contributed by atoms with Crippen LogP contribution in [0.5, 0.6) is 5.75 Å². The van der Waals surface area contributed by atoms with E-state index in [1.807, 2.05) is 36.8 Å². The van der Waals surface area contributed by atoms with Crippen LogP contribution in [0.25, 0.3) is 39.2 Å². The van der Waals surface area contributed by atoms with Crippen LogP contribution >= 0.6 is 0 Å². The van der Waals surface area contributed by atoms with Gasteiger partial charge in [-0.25, -0.2) is 19.4 Å². The van der Waals surface area contributed by atoms with E-state index in [1.165, 1.54) is 17.7 Å². The number of hydrogen-bond donors (Lipinski definition) is 1. The van der Waals surface area contributed by atoms with E-state index in [0.717, 1.165) is 57.2 Å². The number of likely N-dealkylation sites (tertiary alicyclic amines) is 1. The van der Waals surface area contributed by atoms with Gasteiger partial charge in [0, 0.05) is 49.1 Å². The second-order valence-corrected chi connectivity index (χ2v) is 13.2. The smallest absolute Gasteiger partial charge is 0.269 e. The standard InChI is InChI=1S/C36H36FN7O3/c1-19-10-32(45)39-28-9-6-21(11-26(19)28)27-8-7-22-13-30(44(34(22)40-27)16-20-4-5-20)35-41-29-12-23(14-31(47-3)33(29)42(35)2)36(46)43-17-24(37)15-25(38)18-43/h6-14,20,24-26H,4-5,15-18,38H2,1-3H3/t24-,25-,26?/m1/s1. The number of hydrogen-bond acceptors (Lipinski definition) is 6. The predicted molar refractivity (Wildman–Crippen MR) is 179 cm³/mol. The average Bonchev–Trinajstić information content (AvgIpc) is 3.72. The van der Waals surface area contributed by atoms with Gasteiger partial charge >= 0.3 is 0 Å². The first-order valence-corrected chi connectivity index (χ1v) is 16.1. The maximum Gasteiger partial charge on any atom is 0.269 e. The first-order chi connectivity index (χ1) is 22.7. The van der Waals surface area contributed by atoms with Crippen LogP contribution in [0.4, 0.5) is 4.39 Å². The lowest BCUT2D eigenvalue weighted by molar-refractivity contribution is -0.113. The summed E-state index contributed by atoms with van der Waals surface area (Å²) in [5.41, 5.74) is 13.2. The molecule has 0 bridgehead atoms. The number of alkyl halides is 1. The molecule has 11 heteroatoms. The molecule has 4 aromatic rings. The molecule has 5 heterocycles. The van der Waals surface area contributed by atoms with Crippen molar-refractivity contribution in [2.45, 2.75) is 44.9 Å². The number of fused-ring (bicyclic) bond motifs is 3. The average molecular weight is 634 g/mol. The van der Waals surface area contributed by atoms with Crippen molar-refractivity contribution in [1.82, 2.24) is 24.0 Å². The summed E-state index contributed by atoms with van der Waals surface area (Å²) < 4.78 is 24.3. The molecular formula is C36H36FN7O3. The minimum atomic E-state index is -1.15. The number of carbonyl (C=O) groups is 2. The third-order valence-corrected chi connectivity index (χ3v) is 9.71. The summed E-state index contributed by atoms with van der Waals surface area (Å²) in [7, 11) is 3.52. The molecule has 0 spiro atoms. The Bertz CT molecular complexity index is 2110. The highest BCUT2D eigenvalue weighted by Crippen LogP contribution is 2.38. The van der Waals surface area contributed by atoms with Gasteiger partial charge in [0.1, 0.15) is 23.1 Å². The molecule has 1 unspecified atom stereocenters. The summed E-state index contributed by atoms with van der Waals surface area (Å²) in [6, 6.07) is 9.32. The quantitative estimate of drug-likeness (QED) is 0.319. The van der Waals surface area contributed by atoms with E-state index in [0.29, 0.717) is 29.3 Å². The first-order valence-electron chi connectivity index (χ1n) is 16.1. The molecule has 1 aromatic carbocycles. The van der Waals surface area contributed by atoms with E-state index in [9.17, 15) is 14.0 Å². The number of halogens is 1. The van der Waals surface area contributed by atoms with Gasteiger partial charge in [0.2, 0.25) is 0 Å². The van der Waals surface area contributed by atoms with Crippen LogP contribution in [0.3, 0.4) is 0 Å². The molecule has 240 valence electrons. The third kappa shape index (κ3) is 5.18. The zero-order chi connectivity index (χ0) is 32.6. The number of rotatable bonds is 6. The van der Waals surface area contributed by atoms with Crippen molar-refractivity contribution >= 4 is 45.2 Å². The van der Waals surface area contributed by atoms with Crippen molar-refractivity contribution in [2.24, 2.45) is 29.6 Å². The van der Waals surface area contributed by atoms with Crippen molar-refractivity contribution in [2.75, 3.05) is 20.2 Å². The van der Waals surface area contributed by atoms with Gasteiger partial charge in [-0.2, -0.15) is 0 Å². The normalized spacial score (nSPS) is 22.7. The van der Waals surface area contributed by atoms with Crippen LogP contribution in [0.2, 0.25) is 0 Å². The van der Waals surface area contributed by atoms with Crippen LogP contribution in [-0.4, -0.2) is 73.9 Å². The summed E-state index contributed by atoms with van der Waals surface area (Å²) in [5, 5.41) is 1.00. The van der Waals surface area contributed by atoms with Crippen molar-refractivity contribution in [1.29, 1.82) is 0 Å². The van der Waals surface area contributed by atoms with Crippen molar-refractivity contribution in [3.8, 4) is 17.3 Å². The van der Waals surface area contributed by atoms with Crippen LogP contribution in [0, 0.1) is 11.8 Å². The van der Waals surface area contributed by atoms with E-state index in [1.54, 1.807) is 25.3 Å². The highest BCUT2D eigenvalue weighted by molar-refractivity contribution is 6.14. The fraction of sp³-hybridized carbons (Fsp3) is 0.361. The van der Waals surface area contributed by atoms with Gasteiger partial charge in [0.25, 0.3) is 11.8 Å². The number of methoxy groups -OCH3 is 1. The Morgan fingerprint density at radius 1 is 1.13 bits per heavy atom. The predicted octanol–water partition coefficient (Wildman–Crippen LogP) is 5.02. The third-order valence-electron chi connectivity index (χ3n) is 9.71. The Kier molecular flexibility index (Phi) is 6.98. The molecule has 1 saturated carbocycles. The van der Waals surface area contributed by atoms with E-state index in [2.05, 4.69) is 27.8 Å². The molecule has 1 saturated heterocycles. The summed E-state index contributed by atoms with van der Waals surface area (Å²) in [5.74, 6) is 1.27. The van der Waals surface area contributed by atoms with Crippen LogP contribution in [0.1, 0.15) is 42.2 Å². The van der Waals surface area contributed by atoms with Gasteiger partial charge in [-0.1, -0.05) is 17.7 Å².